The van der Waals surface area contributed by atoms with Crippen LogP contribution in [0.2, 0.25) is 0 Å². The van der Waals surface area contributed by atoms with Gasteiger partial charge in [-0.1, -0.05) is 6.07 Å². The van der Waals surface area contributed by atoms with Crippen molar-refractivity contribution in [2.75, 3.05) is 13.2 Å². The van der Waals surface area contributed by atoms with E-state index >= 15 is 0 Å². The number of hydrogen-bond donors (Lipinski definition) is 8. The average molecular weight is 581 g/mol. The molecule has 8 N–H and O–H groups in total. The molecule has 3 aromatic rings. The van der Waals surface area contributed by atoms with Crippen LogP contribution in [0.3, 0.4) is 0 Å². The molecule has 0 amide bonds. The quantitative estimate of drug-likeness (QED) is 0.152. The predicted molar refractivity (Wildman–Crippen MR) is 138 cm³/mol. The highest BCUT2D eigenvalue weighted by Crippen LogP contribution is 2.40. The molecule has 5 rings (SSSR count). The molecule has 0 radical (unpaired) electrons. The molecule has 2 fully saturated rings. The van der Waals surface area contributed by atoms with Crippen molar-refractivity contribution in [3.8, 4) is 11.5 Å². The topological polar surface area (TPSA) is 229 Å². The van der Waals surface area contributed by atoms with Crippen LogP contribution in [-0.2, 0) is 14.2 Å². The van der Waals surface area contributed by atoms with Crippen molar-refractivity contribution in [1.29, 1.82) is 0 Å². The number of rotatable bonds is 6. The summed E-state index contributed by atoms with van der Waals surface area (Å²) >= 11 is 0. The van der Waals surface area contributed by atoms with Crippen molar-refractivity contribution in [2.45, 2.75) is 75.3 Å². The minimum Gasteiger partial charge on any atom is -0.506 e. The highest BCUT2D eigenvalue weighted by atomic mass is 16.7. The highest BCUT2D eigenvalue weighted by molar-refractivity contribution is 6.07. The molecule has 0 aliphatic carbocycles. The van der Waals surface area contributed by atoms with E-state index in [2.05, 4.69) is 0 Å². The van der Waals surface area contributed by atoms with Crippen molar-refractivity contribution in [1.82, 2.24) is 0 Å². The van der Waals surface area contributed by atoms with Crippen LogP contribution in [0, 0.1) is 13.8 Å². The van der Waals surface area contributed by atoms with E-state index in [9.17, 15) is 45.6 Å². The summed E-state index contributed by atoms with van der Waals surface area (Å²) in [4.78, 5) is 12.5. The fraction of sp³-hybridized carbons (Fsp3) is 0.519. The number of phenols is 1. The summed E-state index contributed by atoms with van der Waals surface area (Å²) in [5.41, 5.74) is -0.0665. The number of aliphatic hydroxyl groups excluding tert-OH is 7. The smallest absolute Gasteiger partial charge is 0.347 e. The molecular weight excluding hydrogens is 548 g/mol. The Bertz CT molecular complexity index is 1470. The number of fused-ring (bicyclic) bond motifs is 2. The SMILES string of the molecule is Cc1cc(O[C@@H]2O[C@H](COC3OC(CO)[C@@H](O)C(O)[C@H]3O)C(O)[C@H](O)C2O)c2c(O)c3c(=O)oc(C)cc3cc2c1. The number of phenolic OH excluding ortho intramolecular Hbond substituents is 1. The molecule has 3 heterocycles. The van der Waals surface area contributed by atoms with Gasteiger partial charge in [0, 0.05) is 0 Å². The maximum absolute atomic E-state index is 12.5. The molecule has 5 unspecified atom stereocenters. The van der Waals surface area contributed by atoms with Crippen molar-refractivity contribution < 1.29 is 64.2 Å². The van der Waals surface area contributed by atoms with Gasteiger partial charge in [-0.3, -0.25) is 0 Å². The van der Waals surface area contributed by atoms with Gasteiger partial charge in [-0.05, 0) is 48.4 Å². The third kappa shape index (κ3) is 5.39. The zero-order chi connectivity index (χ0) is 29.7. The standard InChI is InChI=1S/C27H32O14/c1-9-3-11-6-12-5-10(2)38-25(36)17(12)20(31)16(11)13(4-9)39-27-24(35)22(33)19(30)15(41-27)8-37-26-23(34)21(32)18(29)14(7-28)40-26/h3-6,14-15,18-19,21-24,26-35H,7-8H2,1-2H3/t14?,15-,18-,19?,21?,22+,23-,24?,26?,27-/m1/s1. The molecule has 1 aromatic heterocycles. The Kier molecular flexibility index (Phi) is 8.24. The molecular formula is C27H32O14. The van der Waals surface area contributed by atoms with Gasteiger partial charge in [-0.15, -0.1) is 0 Å². The third-order valence-electron chi connectivity index (χ3n) is 7.35. The summed E-state index contributed by atoms with van der Waals surface area (Å²) in [6.07, 6.45) is -16.0. The van der Waals surface area contributed by atoms with Gasteiger partial charge in [-0.25, -0.2) is 4.79 Å². The van der Waals surface area contributed by atoms with Crippen molar-refractivity contribution in [3.05, 3.63) is 46.0 Å². The maximum Gasteiger partial charge on any atom is 0.347 e. The number of hydrogen-bond acceptors (Lipinski definition) is 14. The summed E-state index contributed by atoms with van der Waals surface area (Å²) in [5.74, 6) is -0.0659. The van der Waals surface area contributed by atoms with Crippen LogP contribution in [0.5, 0.6) is 11.5 Å². The zero-order valence-electron chi connectivity index (χ0n) is 22.0. The van der Waals surface area contributed by atoms with Crippen molar-refractivity contribution in [2.24, 2.45) is 0 Å². The molecule has 41 heavy (non-hydrogen) atoms. The first-order chi connectivity index (χ1) is 19.4. The van der Waals surface area contributed by atoms with E-state index in [4.69, 9.17) is 23.4 Å². The lowest BCUT2D eigenvalue weighted by molar-refractivity contribution is -0.323. The Morgan fingerprint density at radius 2 is 1.37 bits per heavy atom. The normalized spacial score (nSPS) is 34.3. The van der Waals surface area contributed by atoms with Gasteiger partial charge in [-0.2, -0.15) is 0 Å². The second-order valence-electron chi connectivity index (χ2n) is 10.4. The van der Waals surface area contributed by atoms with Crippen molar-refractivity contribution >= 4 is 21.5 Å². The lowest BCUT2D eigenvalue weighted by atomic mass is 9.98. The highest BCUT2D eigenvalue weighted by Gasteiger charge is 2.48. The minimum atomic E-state index is -1.78. The Morgan fingerprint density at radius 3 is 2.05 bits per heavy atom. The number of aromatic hydroxyl groups is 1. The van der Waals surface area contributed by atoms with Gasteiger partial charge >= 0.3 is 5.63 Å². The number of ether oxygens (including phenoxy) is 4. The minimum absolute atomic E-state index is 0.000571. The monoisotopic (exact) mass is 580 g/mol. The number of aliphatic hydroxyl groups is 7. The molecule has 2 aliphatic heterocycles. The van der Waals surface area contributed by atoms with E-state index in [1.807, 2.05) is 0 Å². The Morgan fingerprint density at radius 1 is 0.756 bits per heavy atom. The van der Waals surface area contributed by atoms with E-state index in [0.717, 1.165) is 0 Å². The third-order valence-corrected chi connectivity index (χ3v) is 7.35. The van der Waals surface area contributed by atoms with Crippen molar-refractivity contribution in [3.63, 3.8) is 0 Å². The summed E-state index contributed by atoms with van der Waals surface area (Å²) in [5, 5.41) is 83.3. The summed E-state index contributed by atoms with van der Waals surface area (Å²) < 4.78 is 27.5. The van der Waals surface area contributed by atoms with Crippen LogP contribution in [0.1, 0.15) is 11.3 Å². The molecule has 2 aromatic carbocycles. The van der Waals surface area contributed by atoms with E-state index in [0.29, 0.717) is 22.1 Å². The van der Waals surface area contributed by atoms with Crippen LogP contribution < -0.4 is 10.4 Å². The molecule has 0 bridgehead atoms. The van der Waals surface area contributed by atoms with Gasteiger partial charge < -0.3 is 64.2 Å². The van der Waals surface area contributed by atoms with Crippen LogP contribution in [-0.4, -0.2) is 115 Å². The lowest BCUT2D eigenvalue weighted by Crippen LogP contribution is -2.62. The second-order valence-corrected chi connectivity index (χ2v) is 10.4. The van der Waals surface area contributed by atoms with Gasteiger partial charge in [0.2, 0.25) is 6.29 Å². The molecule has 10 atom stereocenters. The Hall–Kier alpha value is -2.89. The van der Waals surface area contributed by atoms with Gasteiger partial charge in [0.05, 0.1) is 18.6 Å². The number of benzene rings is 2. The van der Waals surface area contributed by atoms with Gasteiger partial charge in [0.1, 0.15) is 71.5 Å². The second kappa shape index (κ2) is 11.4. The number of aryl methyl sites for hydroxylation is 2. The molecule has 0 saturated carbocycles. The summed E-state index contributed by atoms with van der Waals surface area (Å²) in [7, 11) is 0. The zero-order valence-corrected chi connectivity index (χ0v) is 22.0. The first kappa shape index (κ1) is 29.6. The molecule has 14 heteroatoms. The fourth-order valence-electron chi connectivity index (χ4n) is 5.19. The predicted octanol–water partition coefficient (Wildman–Crippen LogP) is -1.73. The van der Waals surface area contributed by atoms with E-state index in [1.165, 1.54) is 6.07 Å². The van der Waals surface area contributed by atoms with E-state index in [1.54, 1.807) is 32.0 Å². The van der Waals surface area contributed by atoms with Gasteiger partial charge in [0.15, 0.2) is 6.29 Å². The first-order valence-electron chi connectivity index (χ1n) is 12.9. The largest absolute Gasteiger partial charge is 0.506 e. The molecule has 224 valence electrons. The van der Waals surface area contributed by atoms with Crippen LogP contribution >= 0.6 is 0 Å². The molecule has 2 aliphatic rings. The molecule has 2 saturated heterocycles. The van der Waals surface area contributed by atoms with E-state index < -0.39 is 86.0 Å². The average Bonchev–Trinajstić information content (AvgIpc) is 2.91. The van der Waals surface area contributed by atoms with E-state index in [-0.39, 0.29) is 16.5 Å². The summed E-state index contributed by atoms with van der Waals surface area (Å²) in [6, 6.07) is 6.54. The lowest BCUT2D eigenvalue weighted by Gasteiger charge is -2.42. The van der Waals surface area contributed by atoms with Crippen LogP contribution in [0.4, 0.5) is 0 Å². The van der Waals surface area contributed by atoms with Crippen LogP contribution in [0.15, 0.2) is 33.5 Å². The maximum atomic E-state index is 12.5. The Labute approximate surface area is 232 Å². The Balaban J connectivity index is 1.42. The first-order valence-corrected chi connectivity index (χ1v) is 12.9. The van der Waals surface area contributed by atoms with Gasteiger partial charge in [0.25, 0.3) is 0 Å². The molecule has 0 spiro atoms. The fourth-order valence-corrected chi connectivity index (χ4v) is 5.19. The van der Waals surface area contributed by atoms with Crippen LogP contribution in [0.25, 0.3) is 21.5 Å². The molecule has 14 nitrogen and oxygen atoms in total. The summed E-state index contributed by atoms with van der Waals surface area (Å²) in [6.45, 7) is 2.14.